The Morgan fingerprint density at radius 2 is 1.90 bits per heavy atom. The first-order chi connectivity index (χ1) is 14.5. The third kappa shape index (κ3) is 6.47. The van der Waals surface area contributed by atoms with Gasteiger partial charge in [-0.3, -0.25) is 4.99 Å². The second kappa shape index (κ2) is 11.0. The molecule has 4 N–H and O–H groups in total. The molecule has 3 rings (SSSR count). The van der Waals surface area contributed by atoms with Crippen LogP contribution in [-0.2, 0) is 6.42 Å². The lowest BCUT2D eigenvalue weighted by Crippen LogP contribution is -2.33. The van der Waals surface area contributed by atoms with Crippen molar-refractivity contribution in [2.45, 2.75) is 25.2 Å². The number of nitrogens with zero attached hydrogens (tertiary/aromatic N) is 2. The van der Waals surface area contributed by atoms with Gasteiger partial charge in [-0.05, 0) is 54.7 Å². The van der Waals surface area contributed by atoms with Crippen LogP contribution in [0.2, 0.25) is 10.0 Å². The monoisotopic (exact) mass is 447 g/mol. The van der Waals surface area contributed by atoms with Crippen molar-refractivity contribution in [3.8, 4) is 0 Å². The number of benzene rings is 2. The topological polar surface area (TPSA) is 79.1 Å². The minimum atomic E-state index is -0.267. The van der Waals surface area contributed by atoms with Gasteiger partial charge in [0.15, 0.2) is 5.96 Å². The van der Waals surface area contributed by atoms with E-state index < -0.39 is 0 Å². The van der Waals surface area contributed by atoms with Crippen LogP contribution in [0.25, 0.3) is 0 Å². The summed E-state index contributed by atoms with van der Waals surface area (Å²) < 4.78 is 13.4. The molecule has 0 aliphatic carbocycles. The van der Waals surface area contributed by atoms with E-state index in [1.54, 1.807) is 24.5 Å². The number of halogens is 3. The Morgan fingerprint density at radius 1 is 1.13 bits per heavy atom. The van der Waals surface area contributed by atoms with Crippen molar-refractivity contribution in [2.24, 2.45) is 10.7 Å². The van der Waals surface area contributed by atoms with Crippen LogP contribution in [0, 0.1) is 5.82 Å². The van der Waals surface area contributed by atoms with Crippen molar-refractivity contribution in [1.29, 1.82) is 0 Å². The molecule has 5 nitrogen and oxygen atoms in total. The van der Waals surface area contributed by atoms with Crippen LogP contribution in [0.4, 0.5) is 4.39 Å². The molecule has 0 aliphatic heterocycles. The first kappa shape index (κ1) is 22.1. The molecular weight excluding hydrogens is 424 g/mol. The molecule has 0 saturated heterocycles. The predicted molar refractivity (Wildman–Crippen MR) is 121 cm³/mol. The number of nitrogens with one attached hydrogen (secondary N) is 2. The zero-order chi connectivity index (χ0) is 21.3. The van der Waals surface area contributed by atoms with Gasteiger partial charge >= 0.3 is 0 Å². The molecule has 2 aromatic carbocycles. The fourth-order valence-electron chi connectivity index (χ4n) is 3.24. The number of rotatable bonds is 9. The highest BCUT2D eigenvalue weighted by Crippen LogP contribution is 2.32. The lowest BCUT2D eigenvalue weighted by Gasteiger charge is -2.19. The maximum atomic E-state index is 13.4. The Morgan fingerprint density at radius 3 is 2.60 bits per heavy atom. The van der Waals surface area contributed by atoms with E-state index in [0.717, 1.165) is 36.1 Å². The molecule has 0 spiro atoms. The van der Waals surface area contributed by atoms with Crippen molar-refractivity contribution in [1.82, 2.24) is 15.3 Å². The number of aliphatic imine (C=N–C) groups is 1. The first-order valence-corrected chi connectivity index (χ1v) is 10.5. The molecule has 3 aromatic rings. The van der Waals surface area contributed by atoms with E-state index in [1.807, 2.05) is 18.3 Å². The summed E-state index contributed by atoms with van der Waals surface area (Å²) in [6.45, 7) is 1.24. The normalized spacial score (nSPS) is 12.7. The van der Waals surface area contributed by atoms with Crippen LogP contribution in [-0.4, -0.2) is 29.0 Å². The Balaban J connectivity index is 1.58. The van der Waals surface area contributed by atoms with E-state index in [0.29, 0.717) is 29.1 Å². The highest BCUT2D eigenvalue weighted by molar-refractivity contribution is 6.42. The number of hydrogen-bond donors (Lipinski definition) is 3. The summed E-state index contributed by atoms with van der Waals surface area (Å²) in [6.07, 6.45) is 5.96. The van der Waals surface area contributed by atoms with Crippen LogP contribution in [0.1, 0.15) is 35.6 Å². The van der Waals surface area contributed by atoms with Gasteiger partial charge in [-0.1, -0.05) is 41.4 Å². The highest BCUT2D eigenvalue weighted by Gasteiger charge is 2.16. The van der Waals surface area contributed by atoms with Gasteiger partial charge in [-0.2, -0.15) is 0 Å². The summed E-state index contributed by atoms with van der Waals surface area (Å²) in [6, 6.07) is 12.1. The van der Waals surface area contributed by atoms with Crippen molar-refractivity contribution in [3.63, 3.8) is 0 Å². The third-order valence-corrected chi connectivity index (χ3v) is 5.54. The van der Waals surface area contributed by atoms with Gasteiger partial charge < -0.3 is 16.0 Å². The summed E-state index contributed by atoms with van der Waals surface area (Å²) in [5.41, 5.74) is 9.07. The quantitative estimate of drug-likeness (QED) is 0.247. The second-order valence-electron chi connectivity index (χ2n) is 6.94. The fraction of sp³-hybridized carbons (Fsp3) is 0.273. The van der Waals surface area contributed by atoms with E-state index in [1.165, 1.54) is 12.1 Å². The molecular formula is C22H24Cl2FN5. The lowest BCUT2D eigenvalue weighted by molar-refractivity contribution is 0.624. The maximum absolute atomic E-state index is 13.4. The van der Waals surface area contributed by atoms with E-state index >= 15 is 0 Å². The van der Waals surface area contributed by atoms with Crippen LogP contribution < -0.4 is 11.1 Å². The Hall–Kier alpha value is -2.57. The number of aromatic nitrogens is 2. The molecule has 0 saturated carbocycles. The number of H-pyrrole nitrogens is 1. The van der Waals surface area contributed by atoms with Gasteiger partial charge in [0, 0.05) is 30.9 Å². The molecule has 8 heteroatoms. The van der Waals surface area contributed by atoms with Gasteiger partial charge in [-0.15, -0.1) is 0 Å². The summed E-state index contributed by atoms with van der Waals surface area (Å²) in [5.74, 6) is 0.156. The van der Waals surface area contributed by atoms with E-state index in [2.05, 4.69) is 20.3 Å². The summed E-state index contributed by atoms with van der Waals surface area (Å²) in [5, 5.41) is 4.15. The molecule has 1 aromatic heterocycles. The SMILES string of the molecule is NC(=NCCCc1cnc[nH]1)NCCC(c1ccc(F)cc1)c1ccc(Cl)c(Cl)c1. The minimum Gasteiger partial charge on any atom is -0.370 e. The number of nitrogens with two attached hydrogens (primary N) is 1. The van der Waals surface area contributed by atoms with Crippen molar-refractivity contribution in [3.05, 3.63) is 87.7 Å². The van der Waals surface area contributed by atoms with Crippen LogP contribution in [0.15, 0.2) is 60.0 Å². The van der Waals surface area contributed by atoms with Crippen LogP contribution >= 0.6 is 23.2 Å². The zero-order valence-corrected chi connectivity index (χ0v) is 17.9. The van der Waals surface area contributed by atoms with Crippen molar-refractivity contribution in [2.75, 3.05) is 13.1 Å². The Kier molecular flexibility index (Phi) is 8.11. The van der Waals surface area contributed by atoms with Crippen LogP contribution in [0.3, 0.4) is 0 Å². The van der Waals surface area contributed by atoms with Crippen molar-refractivity contribution >= 4 is 29.2 Å². The second-order valence-corrected chi connectivity index (χ2v) is 7.75. The Labute approximate surface area is 185 Å². The molecule has 0 fully saturated rings. The van der Waals surface area contributed by atoms with E-state index in [-0.39, 0.29) is 11.7 Å². The molecule has 1 unspecified atom stereocenters. The largest absolute Gasteiger partial charge is 0.370 e. The lowest BCUT2D eigenvalue weighted by atomic mass is 9.88. The summed E-state index contributed by atoms with van der Waals surface area (Å²) >= 11 is 12.3. The molecule has 30 heavy (non-hydrogen) atoms. The number of guanidine groups is 1. The molecule has 158 valence electrons. The molecule has 0 radical (unpaired) electrons. The van der Waals surface area contributed by atoms with E-state index in [4.69, 9.17) is 28.9 Å². The third-order valence-electron chi connectivity index (χ3n) is 4.80. The summed E-state index contributed by atoms with van der Waals surface area (Å²) in [7, 11) is 0. The average molecular weight is 448 g/mol. The standard InChI is InChI=1S/C22H24Cl2FN5/c23-20-8-5-16(12-21(20)24)19(15-3-6-17(25)7-4-15)9-11-29-22(26)28-10-1-2-18-13-27-14-30-18/h3-8,12-14,19H,1-2,9-11H2,(H,27,30)(H3,26,28,29). The van der Waals surface area contributed by atoms with Gasteiger partial charge in [0.2, 0.25) is 0 Å². The van der Waals surface area contributed by atoms with Gasteiger partial charge in [0.25, 0.3) is 0 Å². The number of imidazole rings is 1. The average Bonchev–Trinajstić information content (AvgIpc) is 3.25. The molecule has 1 atom stereocenters. The number of aromatic amines is 1. The molecule has 1 heterocycles. The van der Waals surface area contributed by atoms with Gasteiger partial charge in [0.05, 0.1) is 16.4 Å². The summed E-state index contributed by atoms with van der Waals surface area (Å²) in [4.78, 5) is 11.4. The number of hydrogen-bond acceptors (Lipinski definition) is 2. The maximum Gasteiger partial charge on any atom is 0.188 e. The first-order valence-electron chi connectivity index (χ1n) is 9.74. The predicted octanol–water partition coefficient (Wildman–Crippen LogP) is 4.91. The molecule has 0 bridgehead atoms. The molecule has 0 aliphatic rings. The Bertz CT molecular complexity index is 958. The number of aryl methyl sites for hydroxylation is 1. The minimum absolute atomic E-state index is 0.0149. The fourth-order valence-corrected chi connectivity index (χ4v) is 3.55. The highest BCUT2D eigenvalue weighted by atomic mass is 35.5. The van der Waals surface area contributed by atoms with Crippen molar-refractivity contribution < 1.29 is 4.39 Å². The molecule has 0 amide bonds. The van der Waals surface area contributed by atoms with Gasteiger partial charge in [-0.25, -0.2) is 9.37 Å². The zero-order valence-electron chi connectivity index (χ0n) is 16.4. The van der Waals surface area contributed by atoms with Crippen LogP contribution in [0.5, 0.6) is 0 Å². The smallest absolute Gasteiger partial charge is 0.188 e. The van der Waals surface area contributed by atoms with Gasteiger partial charge in [0.1, 0.15) is 5.82 Å². The van der Waals surface area contributed by atoms with E-state index in [9.17, 15) is 4.39 Å².